The van der Waals surface area contributed by atoms with Gasteiger partial charge >= 0.3 is 0 Å². The van der Waals surface area contributed by atoms with Crippen molar-refractivity contribution in [2.24, 2.45) is 5.10 Å². The first-order chi connectivity index (χ1) is 10.1. The van der Waals surface area contributed by atoms with Gasteiger partial charge in [0, 0.05) is 26.0 Å². The van der Waals surface area contributed by atoms with Crippen molar-refractivity contribution < 1.29 is 4.79 Å². The van der Waals surface area contributed by atoms with Gasteiger partial charge in [0.15, 0.2) is 0 Å². The van der Waals surface area contributed by atoms with Crippen LogP contribution in [-0.2, 0) is 0 Å². The highest BCUT2D eigenvalue weighted by Gasteiger charge is 2.03. The number of benzene rings is 1. The summed E-state index contributed by atoms with van der Waals surface area (Å²) in [7, 11) is 3.95. The number of carbonyl (C=O) groups excluding carboxylic acids is 1. The number of nitrogens with one attached hydrogen (secondary N) is 1. The number of hydrazone groups is 1. The highest BCUT2D eigenvalue weighted by molar-refractivity contribution is 5.94. The standard InChI is InChI=1S/C15H17N5O/c1-20(2)13-6-3-11(4-7-13)9-18-19-15(21)12-5-8-14(16)17-10-12/h3-10H,1-2H3,(H2,16,17)(H,19,21)/b18-9+. The molecule has 21 heavy (non-hydrogen) atoms. The molecule has 1 aromatic heterocycles. The summed E-state index contributed by atoms with van der Waals surface area (Å²) in [5.41, 5.74) is 10.3. The molecular formula is C15H17N5O. The van der Waals surface area contributed by atoms with Crippen LogP contribution in [0.3, 0.4) is 0 Å². The van der Waals surface area contributed by atoms with Crippen molar-refractivity contribution >= 4 is 23.6 Å². The predicted octanol–water partition coefficient (Wildman–Crippen LogP) is 1.49. The van der Waals surface area contributed by atoms with Crippen LogP contribution in [0.1, 0.15) is 15.9 Å². The second-order valence-electron chi connectivity index (χ2n) is 4.66. The average molecular weight is 283 g/mol. The number of hydrogen-bond donors (Lipinski definition) is 2. The lowest BCUT2D eigenvalue weighted by Crippen LogP contribution is -2.17. The molecule has 1 amide bonds. The average Bonchev–Trinajstić information content (AvgIpc) is 2.48. The predicted molar refractivity (Wildman–Crippen MR) is 84.5 cm³/mol. The fourth-order valence-corrected chi connectivity index (χ4v) is 1.63. The molecule has 0 unspecified atom stereocenters. The maximum absolute atomic E-state index is 11.8. The van der Waals surface area contributed by atoms with Gasteiger partial charge in [-0.2, -0.15) is 5.10 Å². The third kappa shape index (κ3) is 4.04. The van der Waals surface area contributed by atoms with Crippen molar-refractivity contribution in [2.45, 2.75) is 0 Å². The number of nitrogen functional groups attached to an aromatic ring is 1. The van der Waals surface area contributed by atoms with E-state index in [9.17, 15) is 4.79 Å². The van der Waals surface area contributed by atoms with Crippen LogP contribution in [0.2, 0.25) is 0 Å². The molecule has 2 aromatic rings. The van der Waals surface area contributed by atoms with E-state index in [-0.39, 0.29) is 5.91 Å². The molecule has 0 saturated heterocycles. The van der Waals surface area contributed by atoms with Crippen LogP contribution in [0.25, 0.3) is 0 Å². The number of hydrogen-bond acceptors (Lipinski definition) is 5. The summed E-state index contributed by atoms with van der Waals surface area (Å²) in [5.74, 6) is 0.0414. The fourth-order valence-electron chi connectivity index (χ4n) is 1.63. The van der Waals surface area contributed by atoms with E-state index in [2.05, 4.69) is 15.5 Å². The molecule has 2 rings (SSSR count). The maximum atomic E-state index is 11.8. The first kappa shape index (κ1) is 14.5. The molecule has 0 saturated carbocycles. The monoisotopic (exact) mass is 283 g/mol. The summed E-state index contributed by atoms with van der Waals surface area (Å²) in [4.78, 5) is 17.6. The number of nitrogens with zero attached hydrogens (tertiary/aromatic N) is 3. The lowest BCUT2D eigenvalue weighted by atomic mass is 10.2. The summed E-state index contributed by atoms with van der Waals surface area (Å²) >= 11 is 0. The van der Waals surface area contributed by atoms with Crippen LogP contribution in [-0.4, -0.2) is 31.2 Å². The molecule has 6 nitrogen and oxygen atoms in total. The number of carbonyl (C=O) groups is 1. The zero-order valence-corrected chi connectivity index (χ0v) is 11.9. The molecule has 0 bridgehead atoms. The van der Waals surface area contributed by atoms with Crippen LogP contribution >= 0.6 is 0 Å². The van der Waals surface area contributed by atoms with E-state index in [1.165, 1.54) is 6.20 Å². The Morgan fingerprint density at radius 3 is 2.52 bits per heavy atom. The zero-order valence-electron chi connectivity index (χ0n) is 11.9. The van der Waals surface area contributed by atoms with E-state index in [1.54, 1.807) is 18.3 Å². The lowest BCUT2D eigenvalue weighted by molar-refractivity contribution is 0.0955. The van der Waals surface area contributed by atoms with Gasteiger partial charge in [-0.1, -0.05) is 12.1 Å². The van der Waals surface area contributed by atoms with E-state index in [4.69, 9.17) is 5.73 Å². The summed E-state index contributed by atoms with van der Waals surface area (Å²) in [5, 5.41) is 3.92. The lowest BCUT2D eigenvalue weighted by Gasteiger charge is -2.11. The van der Waals surface area contributed by atoms with Crippen molar-refractivity contribution in [1.29, 1.82) is 0 Å². The van der Waals surface area contributed by atoms with Crippen LogP contribution in [0, 0.1) is 0 Å². The minimum absolute atomic E-state index is 0.330. The normalized spacial score (nSPS) is 10.6. The second kappa shape index (κ2) is 6.51. The molecule has 0 aliphatic carbocycles. The van der Waals surface area contributed by atoms with Crippen molar-refractivity contribution in [2.75, 3.05) is 24.7 Å². The van der Waals surface area contributed by atoms with Gasteiger partial charge < -0.3 is 10.6 Å². The van der Waals surface area contributed by atoms with Gasteiger partial charge in [-0.05, 0) is 29.8 Å². The molecule has 0 aliphatic heterocycles. The quantitative estimate of drug-likeness (QED) is 0.658. The Morgan fingerprint density at radius 2 is 1.95 bits per heavy atom. The molecule has 6 heteroatoms. The zero-order chi connectivity index (χ0) is 15.2. The molecule has 0 radical (unpaired) electrons. The van der Waals surface area contributed by atoms with Gasteiger partial charge in [0.2, 0.25) is 0 Å². The Labute approximate surface area is 123 Å². The van der Waals surface area contributed by atoms with Gasteiger partial charge in [0.05, 0.1) is 11.8 Å². The largest absolute Gasteiger partial charge is 0.384 e. The molecule has 0 fully saturated rings. The highest BCUT2D eigenvalue weighted by Crippen LogP contribution is 2.10. The molecule has 108 valence electrons. The Hall–Kier alpha value is -2.89. The molecule has 1 aromatic carbocycles. The summed E-state index contributed by atoms with van der Waals surface area (Å²) in [6.07, 6.45) is 2.99. The van der Waals surface area contributed by atoms with Crippen LogP contribution in [0.15, 0.2) is 47.7 Å². The van der Waals surface area contributed by atoms with Crippen LogP contribution in [0.4, 0.5) is 11.5 Å². The van der Waals surface area contributed by atoms with Crippen molar-refractivity contribution in [3.8, 4) is 0 Å². The molecule has 0 atom stereocenters. The van der Waals surface area contributed by atoms with E-state index >= 15 is 0 Å². The first-order valence-electron chi connectivity index (χ1n) is 6.38. The maximum Gasteiger partial charge on any atom is 0.272 e. The minimum Gasteiger partial charge on any atom is -0.384 e. The Kier molecular flexibility index (Phi) is 4.50. The van der Waals surface area contributed by atoms with Crippen molar-refractivity contribution in [3.05, 3.63) is 53.7 Å². The van der Waals surface area contributed by atoms with Crippen LogP contribution in [0.5, 0.6) is 0 Å². The van der Waals surface area contributed by atoms with Crippen molar-refractivity contribution in [3.63, 3.8) is 0 Å². The van der Waals surface area contributed by atoms with Gasteiger partial charge in [-0.3, -0.25) is 4.79 Å². The smallest absolute Gasteiger partial charge is 0.272 e. The van der Waals surface area contributed by atoms with E-state index < -0.39 is 0 Å². The number of rotatable bonds is 4. The number of aromatic nitrogens is 1. The first-order valence-corrected chi connectivity index (χ1v) is 6.38. The van der Waals surface area contributed by atoms with Gasteiger partial charge in [-0.15, -0.1) is 0 Å². The highest BCUT2D eigenvalue weighted by atomic mass is 16.2. The van der Waals surface area contributed by atoms with Crippen molar-refractivity contribution in [1.82, 2.24) is 10.4 Å². The minimum atomic E-state index is -0.330. The summed E-state index contributed by atoms with van der Waals surface area (Å²) in [6, 6.07) is 11.0. The van der Waals surface area contributed by atoms with Gasteiger partial charge in [0.1, 0.15) is 5.82 Å². The number of anilines is 2. The molecule has 0 aliphatic rings. The molecule has 3 N–H and O–H groups in total. The molecular weight excluding hydrogens is 266 g/mol. The van der Waals surface area contributed by atoms with E-state index in [1.807, 2.05) is 43.3 Å². The molecule has 1 heterocycles. The third-order valence-electron chi connectivity index (χ3n) is 2.84. The number of pyridine rings is 1. The number of amides is 1. The van der Waals surface area contributed by atoms with Crippen LogP contribution < -0.4 is 16.1 Å². The topological polar surface area (TPSA) is 83.6 Å². The van der Waals surface area contributed by atoms with Gasteiger partial charge in [0.25, 0.3) is 5.91 Å². The Morgan fingerprint density at radius 1 is 1.24 bits per heavy atom. The summed E-state index contributed by atoms with van der Waals surface area (Å²) < 4.78 is 0. The summed E-state index contributed by atoms with van der Waals surface area (Å²) in [6.45, 7) is 0. The SMILES string of the molecule is CN(C)c1ccc(/C=N/NC(=O)c2ccc(N)nc2)cc1. The fraction of sp³-hybridized carbons (Fsp3) is 0.133. The Bertz CT molecular complexity index is 632. The van der Waals surface area contributed by atoms with E-state index in [0.717, 1.165) is 11.3 Å². The molecule has 0 spiro atoms. The second-order valence-corrected chi connectivity index (χ2v) is 4.66. The Balaban J connectivity index is 1.95. The number of nitrogens with two attached hydrogens (primary N) is 1. The van der Waals surface area contributed by atoms with E-state index in [0.29, 0.717) is 11.4 Å². The van der Waals surface area contributed by atoms with Gasteiger partial charge in [-0.25, -0.2) is 10.4 Å². The third-order valence-corrected chi connectivity index (χ3v) is 2.84.